The zero-order chi connectivity index (χ0) is 13.8. The number of urea groups is 1. The topological polar surface area (TPSA) is 23.6 Å². The second kappa shape index (κ2) is 6.04. The Morgan fingerprint density at radius 3 is 2.84 bits per heavy atom. The first kappa shape index (κ1) is 13.8. The number of benzene rings is 1. The van der Waals surface area contributed by atoms with E-state index in [1.54, 1.807) is 18.2 Å². The monoisotopic (exact) mass is 264 g/mol. The molecule has 0 aromatic heterocycles. The Labute approximate surface area is 114 Å². The van der Waals surface area contributed by atoms with Crippen LogP contribution in [0.15, 0.2) is 24.3 Å². The predicted molar refractivity (Wildman–Crippen MR) is 74.8 cm³/mol. The van der Waals surface area contributed by atoms with E-state index in [2.05, 4.69) is 6.92 Å². The van der Waals surface area contributed by atoms with Crippen LogP contribution in [0.2, 0.25) is 0 Å². The van der Waals surface area contributed by atoms with Crippen molar-refractivity contribution in [3.05, 3.63) is 30.1 Å². The van der Waals surface area contributed by atoms with Crippen molar-refractivity contribution in [1.29, 1.82) is 0 Å². The summed E-state index contributed by atoms with van der Waals surface area (Å²) in [5, 5.41) is 0. The molecule has 1 unspecified atom stereocenters. The molecular formula is C15H21FN2O. The Morgan fingerprint density at radius 2 is 2.21 bits per heavy atom. The van der Waals surface area contributed by atoms with Crippen LogP contribution in [-0.2, 0) is 0 Å². The molecule has 0 radical (unpaired) electrons. The van der Waals surface area contributed by atoms with E-state index in [9.17, 15) is 9.18 Å². The van der Waals surface area contributed by atoms with Gasteiger partial charge in [0.05, 0.1) is 5.69 Å². The van der Waals surface area contributed by atoms with Gasteiger partial charge in [0.2, 0.25) is 0 Å². The van der Waals surface area contributed by atoms with Gasteiger partial charge in [0, 0.05) is 19.6 Å². The molecule has 1 aromatic rings. The number of amides is 2. The van der Waals surface area contributed by atoms with Gasteiger partial charge in [0.1, 0.15) is 5.82 Å². The van der Waals surface area contributed by atoms with Crippen molar-refractivity contribution in [2.45, 2.75) is 26.7 Å². The molecular weight excluding hydrogens is 243 g/mol. The van der Waals surface area contributed by atoms with Gasteiger partial charge < -0.3 is 4.90 Å². The standard InChI is InChI=1S/C15H21FN2O/c1-3-18(14-9-5-4-8-13(14)16)15(19)17-10-6-7-12(2)11-17/h4-5,8-9,12H,3,6-7,10-11H2,1-2H3. The zero-order valence-electron chi connectivity index (χ0n) is 11.6. The average Bonchev–Trinajstić information content (AvgIpc) is 2.41. The van der Waals surface area contributed by atoms with E-state index in [-0.39, 0.29) is 11.8 Å². The van der Waals surface area contributed by atoms with E-state index < -0.39 is 0 Å². The number of hydrogen-bond acceptors (Lipinski definition) is 1. The van der Waals surface area contributed by atoms with Crippen molar-refractivity contribution in [1.82, 2.24) is 4.90 Å². The molecule has 1 fully saturated rings. The van der Waals surface area contributed by atoms with Crippen LogP contribution in [0.5, 0.6) is 0 Å². The van der Waals surface area contributed by atoms with E-state index in [1.807, 2.05) is 11.8 Å². The minimum atomic E-state index is -0.345. The van der Waals surface area contributed by atoms with Crippen LogP contribution in [0.1, 0.15) is 26.7 Å². The lowest BCUT2D eigenvalue weighted by molar-refractivity contribution is 0.176. The number of rotatable bonds is 2. The number of piperidine rings is 1. The maximum Gasteiger partial charge on any atom is 0.324 e. The molecule has 3 nitrogen and oxygen atoms in total. The van der Waals surface area contributed by atoms with Crippen LogP contribution in [0.4, 0.5) is 14.9 Å². The maximum atomic E-state index is 13.8. The number of para-hydroxylation sites is 1. The van der Waals surface area contributed by atoms with Crippen molar-refractivity contribution in [3.8, 4) is 0 Å². The molecule has 104 valence electrons. The molecule has 0 saturated carbocycles. The molecule has 4 heteroatoms. The van der Waals surface area contributed by atoms with E-state index in [0.29, 0.717) is 18.2 Å². The number of carbonyl (C=O) groups is 1. The fourth-order valence-electron chi connectivity index (χ4n) is 2.61. The third-order valence-corrected chi connectivity index (χ3v) is 3.62. The number of halogens is 1. The summed E-state index contributed by atoms with van der Waals surface area (Å²) in [7, 11) is 0. The van der Waals surface area contributed by atoms with Gasteiger partial charge in [-0.2, -0.15) is 0 Å². The van der Waals surface area contributed by atoms with Gasteiger partial charge in [-0.25, -0.2) is 9.18 Å². The largest absolute Gasteiger partial charge is 0.324 e. The van der Waals surface area contributed by atoms with Gasteiger partial charge in [-0.3, -0.25) is 4.90 Å². The van der Waals surface area contributed by atoms with E-state index in [4.69, 9.17) is 0 Å². The fraction of sp³-hybridized carbons (Fsp3) is 0.533. The lowest BCUT2D eigenvalue weighted by Gasteiger charge is -2.35. The van der Waals surface area contributed by atoms with Crippen molar-refractivity contribution in [3.63, 3.8) is 0 Å². The van der Waals surface area contributed by atoms with Gasteiger partial charge in [-0.15, -0.1) is 0 Å². The summed E-state index contributed by atoms with van der Waals surface area (Å²) in [5.41, 5.74) is 0.369. The van der Waals surface area contributed by atoms with Crippen molar-refractivity contribution >= 4 is 11.7 Å². The molecule has 1 aliphatic rings. The molecule has 1 atom stereocenters. The van der Waals surface area contributed by atoms with Crippen LogP contribution in [0, 0.1) is 11.7 Å². The molecule has 19 heavy (non-hydrogen) atoms. The molecule has 2 rings (SSSR count). The summed E-state index contributed by atoms with van der Waals surface area (Å²) in [6.07, 6.45) is 2.19. The summed E-state index contributed by atoms with van der Waals surface area (Å²) < 4.78 is 13.8. The molecule has 1 aliphatic heterocycles. The molecule has 2 amide bonds. The second-order valence-electron chi connectivity index (χ2n) is 5.17. The highest BCUT2D eigenvalue weighted by Gasteiger charge is 2.26. The summed E-state index contributed by atoms with van der Waals surface area (Å²) in [4.78, 5) is 15.9. The molecule has 1 heterocycles. The molecule has 1 saturated heterocycles. The van der Waals surface area contributed by atoms with Crippen LogP contribution < -0.4 is 4.90 Å². The Kier molecular flexibility index (Phi) is 4.40. The van der Waals surface area contributed by atoms with E-state index in [0.717, 1.165) is 25.9 Å². The van der Waals surface area contributed by atoms with Gasteiger partial charge in [0.15, 0.2) is 0 Å². The molecule has 0 N–H and O–H groups in total. The van der Waals surface area contributed by atoms with E-state index >= 15 is 0 Å². The van der Waals surface area contributed by atoms with Crippen LogP contribution in [0.3, 0.4) is 0 Å². The second-order valence-corrected chi connectivity index (χ2v) is 5.17. The number of nitrogens with zero attached hydrogens (tertiary/aromatic N) is 2. The highest BCUT2D eigenvalue weighted by Crippen LogP contribution is 2.22. The van der Waals surface area contributed by atoms with Crippen molar-refractivity contribution in [2.24, 2.45) is 5.92 Å². The first-order valence-corrected chi connectivity index (χ1v) is 6.94. The Bertz CT molecular complexity index is 450. The molecule has 0 aliphatic carbocycles. The van der Waals surface area contributed by atoms with Crippen molar-refractivity contribution in [2.75, 3.05) is 24.5 Å². The van der Waals surface area contributed by atoms with Gasteiger partial charge in [-0.05, 0) is 37.8 Å². The lowest BCUT2D eigenvalue weighted by atomic mass is 10.0. The SMILES string of the molecule is CCN(C(=O)N1CCCC(C)C1)c1ccccc1F. The first-order valence-electron chi connectivity index (χ1n) is 6.94. The fourth-order valence-corrected chi connectivity index (χ4v) is 2.61. The normalized spacial score (nSPS) is 19.3. The number of carbonyl (C=O) groups excluding carboxylic acids is 1. The summed E-state index contributed by atoms with van der Waals surface area (Å²) >= 11 is 0. The van der Waals surface area contributed by atoms with Gasteiger partial charge in [0.25, 0.3) is 0 Å². The maximum absolute atomic E-state index is 13.8. The van der Waals surface area contributed by atoms with Crippen LogP contribution in [0.25, 0.3) is 0 Å². The van der Waals surface area contributed by atoms with Crippen LogP contribution >= 0.6 is 0 Å². The first-order chi connectivity index (χ1) is 9.13. The zero-order valence-corrected chi connectivity index (χ0v) is 11.6. The van der Waals surface area contributed by atoms with Crippen molar-refractivity contribution < 1.29 is 9.18 Å². The summed E-state index contributed by atoms with van der Waals surface area (Å²) in [6, 6.07) is 6.36. The minimum absolute atomic E-state index is 0.0841. The Hall–Kier alpha value is -1.58. The smallest absolute Gasteiger partial charge is 0.324 e. The highest BCUT2D eigenvalue weighted by molar-refractivity contribution is 5.92. The predicted octanol–water partition coefficient (Wildman–Crippen LogP) is 3.50. The quantitative estimate of drug-likeness (QED) is 0.802. The average molecular weight is 264 g/mol. The molecule has 0 spiro atoms. The summed E-state index contributed by atoms with van der Waals surface area (Å²) in [6.45, 7) is 6.04. The summed E-state index contributed by atoms with van der Waals surface area (Å²) in [5.74, 6) is 0.180. The number of anilines is 1. The third kappa shape index (κ3) is 3.06. The molecule has 0 bridgehead atoms. The Balaban J connectivity index is 2.17. The number of likely N-dealkylation sites (tertiary alicyclic amines) is 1. The number of hydrogen-bond donors (Lipinski definition) is 0. The lowest BCUT2D eigenvalue weighted by Crippen LogP contribution is -2.47. The third-order valence-electron chi connectivity index (χ3n) is 3.62. The molecule has 1 aromatic carbocycles. The van der Waals surface area contributed by atoms with Gasteiger partial charge >= 0.3 is 6.03 Å². The Morgan fingerprint density at radius 1 is 1.47 bits per heavy atom. The van der Waals surface area contributed by atoms with Crippen LogP contribution in [-0.4, -0.2) is 30.6 Å². The van der Waals surface area contributed by atoms with Gasteiger partial charge in [-0.1, -0.05) is 19.1 Å². The van der Waals surface area contributed by atoms with E-state index in [1.165, 1.54) is 11.0 Å². The highest BCUT2D eigenvalue weighted by atomic mass is 19.1. The minimum Gasteiger partial charge on any atom is -0.324 e.